The van der Waals surface area contributed by atoms with Gasteiger partial charge < -0.3 is 4.57 Å². The highest BCUT2D eigenvalue weighted by Gasteiger charge is 2.38. The van der Waals surface area contributed by atoms with E-state index < -0.39 is 23.1 Å². The molecular formula is C13H7F3N4O. The normalized spacial score (nSPS) is 12.0. The van der Waals surface area contributed by atoms with E-state index in [4.69, 9.17) is 5.26 Å². The third-order valence-electron chi connectivity index (χ3n) is 3.25. The number of aromatic nitrogens is 3. The summed E-state index contributed by atoms with van der Waals surface area (Å²) in [6, 6.07) is 8.08. The molecule has 0 spiro atoms. The van der Waals surface area contributed by atoms with E-state index in [1.54, 1.807) is 24.3 Å². The highest BCUT2D eigenvalue weighted by Crippen LogP contribution is 2.32. The second-order valence-corrected chi connectivity index (χ2v) is 4.43. The quantitative estimate of drug-likeness (QED) is 0.637. The first-order chi connectivity index (χ1) is 9.86. The van der Waals surface area contributed by atoms with Crippen molar-refractivity contribution in [2.75, 3.05) is 0 Å². The number of aryl methyl sites for hydroxylation is 1. The van der Waals surface area contributed by atoms with Gasteiger partial charge in [-0.2, -0.15) is 23.4 Å². The van der Waals surface area contributed by atoms with Gasteiger partial charge in [-0.3, -0.25) is 0 Å². The largest absolute Gasteiger partial charge is 0.435 e. The number of nitrogens with zero attached hydrogens (tertiary/aromatic N) is 4. The number of rotatable bonds is 0. The lowest BCUT2D eigenvalue weighted by molar-refractivity contribution is -0.141. The zero-order valence-corrected chi connectivity index (χ0v) is 10.6. The average molecular weight is 292 g/mol. The SMILES string of the molecule is Cn1c2ccccc2n2c(=O)nc(C(F)(F)F)c(C#N)c12. The zero-order chi connectivity index (χ0) is 15.4. The summed E-state index contributed by atoms with van der Waals surface area (Å²) in [7, 11) is 1.50. The first-order valence-corrected chi connectivity index (χ1v) is 5.83. The molecule has 0 aliphatic heterocycles. The van der Waals surface area contributed by atoms with Crippen molar-refractivity contribution in [3.05, 3.63) is 46.0 Å². The van der Waals surface area contributed by atoms with Crippen molar-refractivity contribution in [1.82, 2.24) is 14.0 Å². The van der Waals surface area contributed by atoms with Crippen molar-refractivity contribution in [2.45, 2.75) is 6.18 Å². The Morgan fingerprint density at radius 3 is 2.43 bits per heavy atom. The minimum absolute atomic E-state index is 0.119. The topological polar surface area (TPSA) is 63.1 Å². The molecule has 5 nitrogen and oxygen atoms in total. The van der Waals surface area contributed by atoms with Crippen molar-refractivity contribution in [3.8, 4) is 6.07 Å². The second kappa shape index (κ2) is 4.09. The minimum Gasteiger partial charge on any atom is -0.327 e. The van der Waals surface area contributed by atoms with Crippen LogP contribution in [0.1, 0.15) is 11.3 Å². The Balaban J connectivity index is 2.67. The predicted octanol–water partition coefficient (Wildman–Crippen LogP) is 2.08. The first kappa shape index (κ1) is 13.2. The molecule has 21 heavy (non-hydrogen) atoms. The highest BCUT2D eigenvalue weighted by atomic mass is 19.4. The summed E-state index contributed by atoms with van der Waals surface area (Å²) >= 11 is 0. The van der Waals surface area contributed by atoms with Crippen LogP contribution in [0.25, 0.3) is 16.7 Å². The van der Waals surface area contributed by atoms with Crippen LogP contribution in [0.4, 0.5) is 13.2 Å². The maximum atomic E-state index is 13.0. The van der Waals surface area contributed by atoms with Crippen LogP contribution in [-0.2, 0) is 13.2 Å². The van der Waals surface area contributed by atoms with Gasteiger partial charge >= 0.3 is 11.9 Å². The molecule has 8 heteroatoms. The number of benzene rings is 1. The van der Waals surface area contributed by atoms with Crippen LogP contribution in [-0.4, -0.2) is 14.0 Å². The molecule has 0 saturated heterocycles. The number of imidazole rings is 1. The molecule has 2 heterocycles. The van der Waals surface area contributed by atoms with E-state index in [1.165, 1.54) is 17.7 Å². The molecule has 106 valence electrons. The summed E-state index contributed by atoms with van der Waals surface area (Å²) in [5.41, 5.74) is -2.37. The summed E-state index contributed by atoms with van der Waals surface area (Å²) in [6.45, 7) is 0. The maximum Gasteiger partial charge on any atom is 0.435 e. The average Bonchev–Trinajstić information content (AvgIpc) is 2.73. The van der Waals surface area contributed by atoms with Gasteiger partial charge in [0.2, 0.25) is 0 Å². The Kier molecular flexibility index (Phi) is 2.56. The Hall–Kier alpha value is -2.82. The summed E-state index contributed by atoms with van der Waals surface area (Å²) in [4.78, 5) is 15.0. The fraction of sp³-hybridized carbons (Fsp3) is 0.154. The molecule has 0 saturated carbocycles. The van der Waals surface area contributed by atoms with E-state index in [-0.39, 0.29) is 5.65 Å². The van der Waals surface area contributed by atoms with E-state index >= 15 is 0 Å². The lowest BCUT2D eigenvalue weighted by Crippen LogP contribution is -2.25. The first-order valence-electron chi connectivity index (χ1n) is 5.83. The van der Waals surface area contributed by atoms with Crippen LogP contribution in [0.5, 0.6) is 0 Å². The fourth-order valence-electron chi connectivity index (χ4n) is 2.40. The number of nitriles is 1. The van der Waals surface area contributed by atoms with Crippen molar-refractivity contribution in [1.29, 1.82) is 5.26 Å². The zero-order valence-electron chi connectivity index (χ0n) is 10.6. The van der Waals surface area contributed by atoms with Gasteiger partial charge in [-0.25, -0.2) is 9.20 Å². The van der Waals surface area contributed by atoms with Gasteiger partial charge in [0.25, 0.3) is 0 Å². The summed E-state index contributed by atoms with van der Waals surface area (Å²) in [6.07, 6.45) is -4.87. The van der Waals surface area contributed by atoms with Crippen LogP contribution >= 0.6 is 0 Å². The van der Waals surface area contributed by atoms with Gasteiger partial charge in [-0.05, 0) is 12.1 Å². The molecule has 0 atom stereocenters. The standard InChI is InChI=1S/C13H7F3N4O/c1-19-8-4-2-3-5-9(8)20-11(19)7(6-17)10(13(14,15)16)18-12(20)21/h2-5H,1H3. The van der Waals surface area contributed by atoms with Crippen molar-refractivity contribution in [2.24, 2.45) is 7.05 Å². The second-order valence-electron chi connectivity index (χ2n) is 4.43. The lowest BCUT2D eigenvalue weighted by Gasteiger charge is -2.08. The van der Waals surface area contributed by atoms with E-state index in [9.17, 15) is 18.0 Å². The van der Waals surface area contributed by atoms with E-state index in [0.717, 1.165) is 4.40 Å². The molecular weight excluding hydrogens is 285 g/mol. The summed E-state index contributed by atoms with van der Waals surface area (Å²) in [5, 5.41) is 9.10. The Labute approximate surface area is 115 Å². The van der Waals surface area contributed by atoms with Gasteiger partial charge in [0.05, 0.1) is 11.0 Å². The van der Waals surface area contributed by atoms with Crippen molar-refractivity contribution in [3.63, 3.8) is 0 Å². The molecule has 3 aromatic rings. The Morgan fingerprint density at radius 2 is 1.86 bits per heavy atom. The molecule has 1 aromatic carbocycles. The fourth-order valence-corrected chi connectivity index (χ4v) is 2.40. The Morgan fingerprint density at radius 1 is 1.24 bits per heavy atom. The molecule has 0 unspecified atom stereocenters. The number of alkyl halides is 3. The summed E-state index contributed by atoms with van der Waals surface area (Å²) < 4.78 is 41.3. The number of hydrogen-bond donors (Lipinski definition) is 0. The molecule has 3 rings (SSSR count). The van der Waals surface area contributed by atoms with E-state index in [0.29, 0.717) is 11.0 Å². The molecule has 0 bridgehead atoms. The maximum absolute atomic E-state index is 13.0. The number of hydrogen-bond acceptors (Lipinski definition) is 3. The molecule has 0 radical (unpaired) electrons. The monoisotopic (exact) mass is 292 g/mol. The third-order valence-corrected chi connectivity index (χ3v) is 3.25. The van der Waals surface area contributed by atoms with Gasteiger partial charge in [0, 0.05) is 7.05 Å². The van der Waals surface area contributed by atoms with Crippen molar-refractivity contribution < 1.29 is 13.2 Å². The molecule has 0 aliphatic carbocycles. The van der Waals surface area contributed by atoms with Gasteiger partial charge in [-0.1, -0.05) is 12.1 Å². The molecule has 0 N–H and O–H groups in total. The van der Waals surface area contributed by atoms with Crippen LogP contribution in [0, 0.1) is 11.3 Å². The van der Waals surface area contributed by atoms with Crippen LogP contribution in [0.2, 0.25) is 0 Å². The van der Waals surface area contributed by atoms with Crippen LogP contribution in [0.15, 0.2) is 29.1 Å². The van der Waals surface area contributed by atoms with Gasteiger partial charge in [0.1, 0.15) is 17.3 Å². The third kappa shape index (κ3) is 1.71. The van der Waals surface area contributed by atoms with Gasteiger partial charge in [0.15, 0.2) is 5.69 Å². The van der Waals surface area contributed by atoms with Crippen LogP contribution < -0.4 is 5.69 Å². The van der Waals surface area contributed by atoms with Gasteiger partial charge in [-0.15, -0.1) is 0 Å². The smallest absolute Gasteiger partial charge is 0.327 e. The Bertz CT molecular complexity index is 975. The number of fused-ring (bicyclic) bond motifs is 3. The number of halogens is 3. The summed E-state index contributed by atoms with van der Waals surface area (Å²) in [5.74, 6) is 0. The molecule has 0 fully saturated rings. The van der Waals surface area contributed by atoms with Crippen molar-refractivity contribution >= 4 is 16.7 Å². The van der Waals surface area contributed by atoms with Crippen LogP contribution in [0.3, 0.4) is 0 Å². The lowest BCUT2D eigenvalue weighted by atomic mass is 10.2. The van der Waals surface area contributed by atoms with E-state index in [2.05, 4.69) is 4.98 Å². The minimum atomic E-state index is -4.87. The predicted molar refractivity (Wildman–Crippen MR) is 67.7 cm³/mol. The molecule has 0 amide bonds. The molecule has 0 aliphatic rings. The van der Waals surface area contributed by atoms with E-state index in [1.807, 2.05) is 0 Å². The highest BCUT2D eigenvalue weighted by molar-refractivity contribution is 5.83. The molecule has 2 aromatic heterocycles. The number of para-hydroxylation sites is 2.